The molecule has 0 radical (unpaired) electrons. The Morgan fingerprint density at radius 3 is 2.83 bits per heavy atom. The maximum atomic E-state index is 5.47. The van der Waals surface area contributed by atoms with Crippen molar-refractivity contribution in [3.63, 3.8) is 0 Å². The van der Waals surface area contributed by atoms with Crippen LogP contribution in [0.2, 0.25) is 0 Å². The quantitative estimate of drug-likeness (QED) is 0.849. The molecule has 1 aromatic carbocycles. The van der Waals surface area contributed by atoms with E-state index in [0.29, 0.717) is 0 Å². The van der Waals surface area contributed by atoms with Gasteiger partial charge in [0.25, 0.3) is 0 Å². The molecule has 1 aromatic heterocycles. The van der Waals surface area contributed by atoms with E-state index in [2.05, 4.69) is 48.4 Å². The Morgan fingerprint density at radius 2 is 2.06 bits per heavy atom. The number of oxazole rings is 1. The van der Waals surface area contributed by atoms with E-state index in [1.165, 1.54) is 11.1 Å². The highest BCUT2D eigenvalue weighted by molar-refractivity contribution is 5.26. The summed E-state index contributed by atoms with van der Waals surface area (Å²) in [6, 6.07) is 8.48. The van der Waals surface area contributed by atoms with Crippen LogP contribution < -0.4 is 5.32 Å². The van der Waals surface area contributed by atoms with E-state index >= 15 is 0 Å². The summed E-state index contributed by atoms with van der Waals surface area (Å²) in [5.41, 5.74) is 3.75. The fourth-order valence-corrected chi connectivity index (χ4v) is 2.02. The third kappa shape index (κ3) is 3.20. The third-order valence-corrected chi connectivity index (χ3v) is 3.15. The van der Waals surface area contributed by atoms with Gasteiger partial charge in [-0.3, -0.25) is 0 Å². The highest BCUT2D eigenvalue weighted by Crippen LogP contribution is 2.14. The Labute approximate surface area is 108 Å². The zero-order valence-electron chi connectivity index (χ0n) is 11.1. The predicted octanol–water partition coefficient (Wildman–Crippen LogP) is 2.88. The van der Waals surface area contributed by atoms with Gasteiger partial charge < -0.3 is 9.73 Å². The molecule has 0 atom stereocenters. The second kappa shape index (κ2) is 6.36. The average Bonchev–Trinajstić information content (AvgIpc) is 2.83. The van der Waals surface area contributed by atoms with Crippen LogP contribution >= 0.6 is 0 Å². The van der Waals surface area contributed by atoms with Gasteiger partial charge in [0.2, 0.25) is 0 Å². The lowest BCUT2D eigenvalue weighted by Gasteiger charge is -2.05. The smallest absolute Gasteiger partial charge is 0.181 e. The molecular weight excluding hydrogens is 224 g/mol. The van der Waals surface area contributed by atoms with Crippen molar-refractivity contribution >= 4 is 0 Å². The summed E-state index contributed by atoms with van der Waals surface area (Å²) < 4.78 is 5.47. The SMILES string of the molecule is CCNCc1ncoc1CCc1ccccc1C. The molecule has 0 amide bonds. The first-order valence-corrected chi connectivity index (χ1v) is 6.47. The molecule has 0 fully saturated rings. The van der Waals surface area contributed by atoms with Crippen molar-refractivity contribution in [1.82, 2.24) is 10.3 Å². The number of nitrogens with one attached hydrogen (secondary N) is 1. The molecule has 0 saturated heterocycles. The van der Waals surface area contributed by atoms with Gasteiger partial charge in [0, 0.05) is 13.0 Å². The molecule has 1 N–H and O–H groups in total. The van der Waals surface area contributed by atoms with E-state index in [1.807, 2.05) is 0 Å². The molecule has 0 spiro atoms. The number of aromatic nitrogens is 1. The molecule has 18 heavy (non-hydrogen) atoms. The zero-order valence-corrected chi connectivity index (χ0v) is 11.1. The minimum absolute atomic E-state index is 0.788. The van der Waals surface area contributed by atoms with Crippen molar-refractivity contribution in [2.45, 2.75) is 33.2 Å². The van der Waals surface area contributed by atoms with E-state index in [-0.39, 0.29) is 0 Å². The normalized spacial score (nSPS) is 10.8. The molecule has 3 nitrogen and oxygen atoms in total. The Morgan fingerprint density at radius 1 is 1.22 bits per heavy atom. The van der Waals surface area contributed by atoms with Gasteiger partial charge in [-0.15, -0.1) is 0 Å². The lowest BCUT2D eigenvalue weighted by Crippen LogP contribution is -2.13. The molecule has 0 aliphatic carbocycles. The van der Waals surface area contributed by atoms with Crippen LogP contribution in [0, 0.1) is 6.92 Å². The largest absolute Gasteiger partial charge is 0.448 e. The minimum Gasteiger partial charge on any atom is -0.448 e. The van der Waals surface area contributed by atoms with Gasteiger partial charge in [-0.05, 0) is 31.0 Å². The second-order valence-corrected chi connectivity index (χ2v) is 4.43. The molecule has 2 aromatic rings. The molecule has 1 heterocycles. The fourth-order valence-electron chi connectivity index (χ4n) is 2.02. The lowest BCUT2D eigenvalue weighted by molar-refractivity contribution is 0.497. The van der Waals surface area contributed by atoms with Gasteiger partial charge in [-0.2, -0.15) is 0 Å². The van der Waals surface area contributed by atoms with Crippen molar-refractivity contribution in [3.8, 4) is 0 Å². The second-order valence-electron chi connectivity index (χ2n) is 4.43. The van der Waals surface area contributed by atoms with Gasteiger partial charge in [0.15, 0.2) is 6.39 Å². The fraction of sp³-hybridized carbons (Fsp3) is 0.400. The Kier molecular flexibility index (Phi) is 4.53. The average molecular weight is 244 g/mol. The summed E-state index contributed by atoms with van der Waals surface area (Å²) in [6.07, 6.45) is 3.45. The number of hydrogen-bond acceptors (Lipinski definition) is 3. The van der Waals surface area contributed by atoms with Crippen molar-refractivity contribution in [2.75, 3.05) is 6.54 Å². The van der Waals surface area contributed by atoms with E-state index in [9.17, 15) is 0 Å². The highest BCUT2D eigenvalue weighted by atomic mass is 16.3. The van der Waals surface area contributed by atoms with Crippen molar-refractivity contribution in [3.05, 3.63) is 53.2 Å². The van der Waals surface area contributed by atoms with Gasteiger partial charge in [-0.25, -0.2) is 4.98 Å². The molecule has 2 rings (SSSR count). The van der Waals surface area contributed by atoms with Crippen LogP contribution in [0.3, 0.4) is 0 Å². The number of aryl methyl sites for hydroxylation is 3. The first-order valence-electron chi connectivity index (χ1n) is 6.47. The molecule has 96 valence electrons. The Balaban J connectivity index is 1.98. The van der Waals surface area contributed by atoms with Crippen LogP contribution in [0.4, 0.5) is 0 Å². The molecule has 0 saturated carbocycles. The summed E-state index contributed by atoms with van der Waals surface area (Å²) in [6.45, 7) is 5.97. The van der Waals surface area contributed by atoms with Crippen LogP contribution in [-0.2, 0) is 19.4 Å². The minimum atomic E-state index is 0.788. The van der Waals surface area contributed by atoms with Crippen LogP contribution in [0.25, 0.3) is 0 Å². The maximum absolute atomic E-state index is 5.47. The topological polar surface area (TPSA) is 38.1 Å². The van der Waals surface area contributed by atoms with Crippen LogP contribution in [0.1, 0.15) is 29.5 Å². The monoisotopic (exact) mass is 244 g/mol. The van der Waals surface area contributed by atoms with E-state index in [0.717, 1.165) is 37.4 Å². The molecule has 0 unspecified atom stereocenters. The third-order valence-electron chi connectivity index (χ3n) is 3.15. The Hall–Kier alpha value is -1.61. The van der Waals surface area contributed by atoms with E-state index < -0.39 is 0 Å². The standard InChI is InChI=1S/C15H20N2O/c1-3-16-10-14-15(18-11-17-14)9-8-13-7-5-4-6-12(13)2/h4-7,11,16H,3,8-10H2,1-2H3. The summed E-state index contributed by atoms with van der Waals surface area (Å²) >= 11 is 0. The van der Waals surface area contributed by atoms with Gasteiger partial charge in [-0.1, -0.05) is 31.2 Å². The van der Waals surface area contributed by atoms with Gasteiger partial charge >= 0.3 is 0 Å². The summed E-state index contributed by atoms with van der Waals surface area (Å²) in [5, 5.41) is 3.28. The number of nitrogens with zero attached hydrogens (tertiary/aromatic N) is 1. The number of hydrogen-bond donors (Lipinski definition) is 1. The predicted molar refractivity (Wildman–Crippen MR) is 72.5 cm³/mol. The van der Waals surface area contributed by atoms with E-state index in [4.69, 9.17) is 4.42 Å². The van der Waals surface area contributed by atoms with Crippen molar-refractivity contribution < 1.29 is 4.42 Å². The summed E-state index contributed by atoms with van der Waals surface area (Å²) in [7, 11) is 0. The Bertz CT molecular complexity index is 491. The maximum Gasteiger partial charge on any atom is 0.181 e. The first kappa shape index (κ1) is 12.8. The van der Waals surface area contributed by atoms with Crippen molar-refractivity contribution in [2.24, 2.45) is 0 Å². The molecule has 0 aliphatic rings. The van der Waals surface area contributed by atoms with Crippen LogP contribution in [0.5, 0.6) is 0 Å². The van der Waals surface area contributed by atoms with Crippen LogP contribution in [-0.4, -0.2) is 11.5 Å². The summed E-state index contributed by atoms with van der Waals surface area (Å²) in [5.74, 6) is 0.999. The molecular formula is C15H20N2O. The van der Waals surface area contributed by atoms with Gasteiger partial charge in [0.05, 0.1) is 5.69 Å². The highest BCUT2D eigenvalue weighted by Gasteiger charge is 2.08. The molecule has 0 aliphatic heterocycles. The molecule has 3 heteroatoms. The van der Waals surface area contributed by atoms with E-state index in [1.54, 1.807) is 6.39 Å². The first-order chi connectivity index (χ1) is 8.81. The lowest BCUT2D eigenvalue weighted by atomic mass is 10.0. The summed E-state index contributed by atoms with van der Waals surface area (Å²) in [4.78, 5) is 4.26. The number of rotatable bonds is 6. The zero-order chi connectivity index (χ0) is 12.8. The van der Waals surface area contributed by atoms with Crippen LogP contribution in [0.15, 0.2) is 35.1 Å². The molecule has 0 bridgehead atoms. The van der Waals surface area contributed by atoms with Gasteiger partial charge in [0.1, 0.15) is 5.76 Å². The number of benzene rings is 1. The van der Waals surface area contributed by atoms with Crippen molar-refractivity contribution in [1.29, 1.82) is 0 Å².